The lowest BCUT2D eigenvalue weighted by molar-refractivity contribution is -0.115. The summed E-state index contributed by atoms with van der Waals surface area (Å²) in [6.45, 7) is 2.10. The summed E-state index contributed by atoms with van der Waals surface area (Å²) >= 11 is 1.43. The molecule has 0 fully saturated rings. The van der Waals surface area contributed by atoms with Crippen LogP contribution < -0.4 is 15.4 Å². The quantitative estimate of drug-likeness (QED) is 0.540. The average Bonchev–Trinajstić information content (AvgIpc) is 3.26. The molecule has 3 rings (SSSR count). The lowest BCUT2D eigenvalue weighted by Gasteiger charge is -2.15. The molecule has 0 bridgehead atoms. The molecule has 0 saturated heterocycles. The topological polar surface area (TPSA) is 80.6 Å². The number of ether oxygens (including phenoxy) is 1. The molecule has 0 aliphatic rings. The maximum absolute atomic E-state index is 12.7. The van der Waals surface area contributed by atoms with Crippen LogP contribution in [0, 0.1) is 0 Å². The molecule has 1 atom stereocenters. The second-order valence-electron chi connectivity index (χ2n) is 6.23. The summed E-state index contributed by atoms with van der Waals surface area (Å²) in [4.78, 5) is 26.2. The molecule has 2 amide bonds. The third kappa shape index (κ3) is 5.65. The molecule has 0 spiro atoms. The van der Waals surface area contributed by atoms with Gasteiger partial charge < -0.3 is 19.8 Å². The van der Waals surface area contributed by atoms with Gasteiger partial charge >= 0.3 is 0 Å². The van der Waals surface area contributed by atoms with Crippen LogP contribution >= 0.6 is 11.8 Å². The fourth-order valence-corrected chi connectivity index (χ4v) is 3.48. The van der Waals surface area contributed by atoms with Crippen LogP contribution in [0.2, 0.25) is 0 Å². The van der Waals surface area contributed by atoms with E-state index in [0.717, 1.165) is 10.6 Å². The second-order valence-corrected chi connectivity index (χ2v) is 7.65. The Morgan fingerprint density at radius 1 is 1.07 bits per heavy atom. The summed E-state index contributed by atoms with van der Waals surface area (Å²) in [6.07, 6.45) is 1.55. The van der Waals surface area contributed by atoms with Crippen molar-refractivity contribution in [2.75, 3.05) is 12.4 Å². The molecule has 2 N–H and O–H groups in total. The smallest absolute Gasteiger partial charge is 0.253 e. The molecule has 1 aromatic heterocycles. The SMILES string of the molecule is COc1ccc(S[C@H](C)C(=O)Nc2ccccc2C(=O)NCc2ccco2)cc1. The van der Waals surface area contributed by atoms with Crippen molar-refractivity contribution in [3.05, 3.63) is 78.3 Å². The minimum atomic E-state index is -0.345. The van der Waals surface area contributed by atoms with Crippen LogP contribution in [0.15, 0.2) is 76.2 Å². The number of hydrogen-bond donors (Lipinski definition) is 2. The van der Waals surface area contributed by atoms with Crippen molar-refractivity contribution in [2.24, 2.45) is 0 Å². The number of methoxy groups -OCH3 is 1. The fraction of sp³-hybridized carbons (Fsp3) is 0.182. The Morgan fingerprint density at radius 2 is 1.83 bits per heavy atom. The zero-order chi connectivity index (χ0) is 20.6. The van der Waals surface area contributed by atoms with E-state index in [4.69, 9.17) is 9.15 Å². The lowest BCUT2D eigenvalue weighted by atomic mass is 10.1. The van der Waals surface area contributed by atoms with E-state index < -0.39 is 0 Å². The highest BCUT2D eigenvalue weighted by molar-refractivity contribution is 8.00. The average molecular weight is 410 g/mol. The summed E-state index contributed by atoms with van der Waals surface area (Å²) in [5, 5.41) is 5.31. The van der Waals surface area contributed by atoms with Crippen molar-refractivity contribution in [3.63, 3.8) is 0 Å². The molecule has 6 nitrogen and oxygen atoms in total. The normalized spacial score (nSPS) is 11.5. The Hall–Kier alpha value is -3.19. The van der Waals surface area contributed by atoms with Gasteiger partial charge in [-0.3, -0.25) is 9.59 Å². The molecule has 0 radical (unpaired) electrons. The van der Waals surface area contributed by atoms with E-state index in [1.165, 1.54) is 11.8 Å². The van der Waals surface area contributed by atoms with Crippen LogP contribution in [-0.2, 0) is 11.3 Å². The molecule has 150 valence electrons. The number of hydrogen-bond acceptors (Lipinski definition) is 5. The number of carbonyl (C=O) groups excluding carboxylic acids is 2. The van der Waals surface area contributed by atoms with Crippen molar-refractivity contribution in [3.8, 4) is 5.75 Å². The van der Waals surface area contributed by atoms with E-state index >= 15 is 0 Å². The van der Waals surface area contributed by atoms with Gasteiger partial charge in [-0.15, -0.1) is 11.8 Å². The van der Waals surface area contributed by atoms with Crippen LogP contribution in [0.25, 0.3) is 0 Å². The maximum atomic E-state index is 12.7. The van der Waals surface area contributed by atoms with Crippen molar-refractivity contribution in [1.82, 2.24) is 5.32 Å². The van der Waals surface area contributed by atoms with Crippen LogP contribution in [0.5, 0.6) is 5.75 Å². The Kier molecular flexibility index (Phi) is 6.97. The van der Waals surface area contributed by atoms with E-state index in [2.05, 4.69) is 10.6 Å². The predicted molar refractivity (Wildman–Crippen MR) is 113 cm³/mol. The predicted octanol–water partition coefficient (Wildman–Crippen LogP) is 4.34. The van der Waals surface area contributed by atoms with Crippen LogP contribution in [0.4, 0.5) is 5.69 Å². The molecule has 3 aromatic rings. The maximum Gasteiger partial charge on any atom is 0.253 e. The van der Waals surface area contributed by atoms with Crippen LogP contribution in [0.1, 0.15) is 23.0 Å². The number of furan rings is 1. The van der Waals surface area contributed by atoms with Gasteiger partial charge in [-0.25, -0.2) is 0 Å². The summed E-state index contributed by atoms with van der Waals surface area (Å²) in [7, 11) is 1.61. The number of rotatable bonds is 8. The van der Waals surface area contributed by atoms with Gasteiger partial charge in [0.25, 0.3) is 5.91 Å². The molecular weight excluding hydrogens is 388 g/mol. The first kappa shape index (κ1) is 20.5. The number of nitrogens with one attached hydrogen (secondary N) is 2. The Morgan fingerprint density at radius 3 is 2.52 bits per heavy atom. The van der Waals surface area contributed by atoms with Crippen LogP contribution in [0.3, 0.4) is 0 Å². The third-order valence-corrected chi connectivity index (χ3v) is 5.29. The second kappa shape index (κ2) is 9.84. The van der Waals surface area contributed by atoms with E-state index in [9.17, 15) is 9.59 Å². The van der Waals surface area contributed by atoms with E-state index in [1.807, 2.05) is 31.2 Å². The van der Waals surface area contributed by atoms with Gasteiger partial charge in [0.2, 0.25) is 5.91 Å². The Bertz CT molecular complexity index is 955. The van der Waals surface area contributed by atoms with Gasteiger partial charge in [0.1, 0.15) is 11.5 Å². The largest absolute Gasteiger partial charge is 0.497 e. The van der Waals surface area contributed by atoms with E-state index in [0.29, 0.717) is 17.0 Å². The summed E-state index contributed by atoms with van der Waals surface area (Å²) in [6, 6.07) is 18.0. The zero-order valence-corrected chi connectivity index (χ0v) is 17.0. The first-order valence-electron chi connectivity index (χ1n) is 9.08. The van der Waals surface area contributed by atoms with E-state index in [1.54, 1.807) is 49.8 Å². The van der Waals surface area contributed by atoms with Crippen LogP contribution in [-0.4, -0.2) is 24.2 Å². The molecular formula is C22H22N2O4S. The summed E-state index contributed by atoms with van der Waals surface area (Å²) in [5.74, 6) is 0.954. The van der Waals surface area contributed by atoms with Gasteiger partial charge in [0, 0.05) is 4.90 Å². The molecule has 0 saturated carbocycles. The first-order chi connectivity index (χ1) is 14.1. The standard InChI is InChI=1S/C22H22N2O4S/c1-15(29-18-11-9-16(27-2)10-12-18)21(25)24-20-8-4-3-7-19(20)22(26)23-14-17-6-5-13-28-17/h3-13,15H,14H2,1-2H3,(H,23,26)(H,24,25)/t15-/m1/s1. The Labute approximate surface area is 173 Å². The van der Waals surface area contributed by atoms with Gasteiger partial charge in [-0.1, -0.05) is 12.1 Å². The monoisotopic (exact) mass is 410 g/mol. The molecule has 0 aliphatic carbocycles. The minimum Gasteiger partial charge on any atom is -0.497 e. The van der Waals surface area contributed by atoms with Gasteiger partial charge in [0.05, 0.1) is 36.4 Å². The van der Waals surface area contributed by atoms with Crippen molar-refractivity contribution >= 4 is 29.3 Å². The van der Waals surface area contributed by atoms with Crippen molar-refractivity contribution in [1.29, 1.82) is 0 Å². The molecule has 29 heavy (non-hydrogen) atoms. The zero-order valence-electron chi connectivity index (χ0n) is 16.2. The summed E-state index contributed by atoms with van der Waals surface area (Å²) < 4.78 is 10.4. The molecule has 0 unspecified atom stereocenters. The van der Waals surface area contributed by atoms with Crippen molar-refractivity contribution < 1.29 is 18.7 Å². The number of anilines is 1. The Balaban J connectivity index is 1.62. The number of thioether (sulfide) groups is 1. The number of carbonyl (C=O) groups is 2. The van der Waals surface area contributed by atoms with E-state index in [-0.39, 0.29) is 23.6 Å². The molecule has 1 heterocycles. The third-order valence-electron chi connectivity index (χ3n) is 4.17. The van der Waals surface area contributed by atoms with Gasteiger partial charge in [-0.05, 0) is 55.5 Å². The number of amides is 2. The molecule has 0 aliphatic heterocycles. The van der Waals surface area contributed by atoms with Gasteiger partial charge in [0.15, 0.2) is 0 Å². The summed E-state index contributed by atoms with van der Waals surface area (Å²) in [5.41, 5.74) is 0.866. The van der Waals surface area contributed by atoms with Crippen molar-refractivity contribution in [2.45, 2.75) is 23.6 Å². The van der Waals surface area contributed by atoms with Gasteiger partial charge in [-0.2, -0.15) is 0 Å². The molecule has 2 aromatic carbocycles. The first-order valence-corrected chi connectivity index (χ1v) is 9.96. The fourth-order valence-electron chi connectivity index (χ4n) is 2.61. The number of para-hydroxylation sites is 1. The highest BCUT2D eigenvalue weighted by Crippen LogP contribution is 2.26. The molecule has 7 heteroatoms. The highest BCUT2D eigenvalue weighted by Gasteiger charge is 2.18. The minimum absolute atomic E-state index is 0.183. The lowest BCUT2D eigenvalue weighted by Crippen LogP contribution is -2.27. The number of benzene rings is 2. The highest BCUT2D eigenvalue weighted by atomic mass is 32.2.